The number of methoxy groups -OCH3 is 1. The van der Waals surface area contributed by atoms with Crippen LogP contribution in [0, 0.1) is 33.5 Å². The molecule has 0 amide bonds. The Labute approximate surface area is 166 Å². The fourth-order valence-electron chi connectivity index (χ4n) is 3.32. The van der Waals surface area contributed by atoms with Gasteiger partial charge in [-0.05, 0) is 56.5 Å². The molecular weight excluding hydrogens is 365 g/mol. The second-order valence-electron chi connectivity index (χ2n) is 6.73. The van der Waals surface area contributed by atoms with E-state index in [9.17, 15) is 4.39 Å². The third kappa shape index (κ3) is 4.09. The molecule has 27 heavy (non-hydrogen) atoms. The standard InChI is InChI=1S/C21H26FN3O.ClH/c1-13-15(3)24-20-14(2)16(4)25(10-11-26-5)21(20)19(13)23-12-17-6-8-18(22)9-7-17;/h6-9H,10-12H2,1-5H3,(H,23,24);1H. The SMILES string of the molecule is COCCn1c(C)c(C)c2nc(C)c(C)c(NCc3ccc(F)cc3)c21.Cl. The van der Waals surface area contributed by atoms with Crippen molar-refractivity contribution in [1.82, 2.24) is 9.55 Å². The predicted octanol–water partition coefficient (Wildman–Crippen LogP) is 5.09. The highest BCUT2D eigenvalue weighted by molar-refractivity contribution is 5.94. The number of ether oxygens (including phenoxy) is 1. The van der Waals surface area contributed by atoms with Crippen LogP contribution in [0.3, 0.4) is 0 Å². The Hall–Kier alpha value is -2.11. The van der Waals surface area contributed by atoms with E-state index in [2.05, 4.69) is 30.7 Å². The Kier molecular flexibility index (Phi) is 6.84. The minimum atomic E-state index is -0.216. The second-order valence-corrected chi connectivity index (χ2v) is 6.73. The Morgan fingerprint density at radius 2 is 1.74 bits per heavy atom. The average Bonchev–Trinajstić information content (AvgIpc) is 2.86. The first-order valence-electron chi connectivity index (χ1n) is 8.88. The van der Waals surface area contributed by atoms with Crippen molar-refractivity contribution in [3.8, 4) is 0 Å². The molecule has 0 atom stereocenters. The first kappa shape index (κ1) is 21.2. The van der Waals surface area contributed by atoms with E-state index in [4.69, 9.17) is 9.72 Å². The normalized spacial score (nSPS) is 10.9. The number of anilines is 1. The van der Waals surface area contributed by atoms with Crippen molar-refractivity contribution in [2.75, 3.05) is 19.0 Å². The number of aromatic nitrogens is 2. The van der Waals surface area contributed by atoms with Gasteiger partial charge < -0.3 is 14.6 Å². The summed E-state index contributed by atoms with van der Waals surface area (Å²) in [6, 6.07) is 6.60. The van der Waals surface area contributed by atoms with Crippen LogP contribution in [-0.2, 0) is 17.8 Å². The molecule has 2 aromatic heterocycles. The first-order valence-corrected chi connectivity index (χ1v) is 8.88. The average molecular weight is 392 g/mol. The molecule has 0 saturated heterocycles. The molecule has 3 rings (SSSR count). The van der Waals surface area contributed by atoms with Gasteiger partial charge >= 0.3 is 0 Å². The summed E-state index contributed by atoms with van der Waals surface area (Å²) in [5.74, 6) is -0.216. The number of aryl methyl sites for hydroxylation is 2. The lowest BCUT2D eigenvalue weighted by molar-refractivity contribution is 0.188. The number of nitrogens with one attached hydrogen (secondary N) is 1. The van der Waals surface area contributed by atoms with Crippen LogP contribution in [0.2, 0.25) is 0 Å². The summed E-state index contributed by atoms with van der Waals surface area (Å²) in [6.45, 7) is 10.4. The molecule has 0 aliphatic rings. The van der Waals surface area contributed by atoms with Gasteiger partial charge in [0.05, 0.1) is 23.3 Å². The van der Waals surface area contributed by atoms with Gasteiger partial charge in [-0.15, -0.1) is 12.4 Å². The highest BCUT2D eigenvalue weighted by Crippen LogP contribution is 2.33. The number of halogens is 2. The van der Waals surface area contributed by atoms with Crippen LogP contribution >= 0.6 is 12.4 Å². The Morgan fingerprint density at radius 3 is 2.37 bits per heavy atom. The molecule has 0 radical (unpaired) electrons. The number of fused-ring (bicyclic) bond motifs is 1. The van der Waals surface area contributed by atoms with E-state index in [1.807, 2.05) is 19.1 Å². The molecule has 3 aromatic rings. The van der Waals surface area contributed by atoms with Gasteiger partial charge in [0.1, 0.15) is 5.82 Å². The lowest BCUT2D eigenvalue weighted by Crippen LogP contribution is -2.10. The number of pyridine rings is 1. The van der Waals surface area contributed by atoms with E-state index >= 15 is 0 Å². The third-order valence-electron chi connectivity index (χ3n) is 5.13. The predicted molar refractivity (Wildman–Crippen MR) is 112 cm³/mol. The molecule has 0 spiro atoms. The maximum Gasteiger partial charge on any atom is 0.123 e. The summed E-state index contributed by atoms with van der Waals surface area (Å²) < 4.78 is 20.7. The molecule has 0 aliphatic heterocycles. The van der Waals surface area contributed by atoms with Crippen LogP contribution in [0.5, 0.6) is 0 Å². The van der Waals surface area contributed by atoms with Gasteiger partial charge in [-0.3, -0.25) is 4.98 Å². The van der Waals surface area contributed by atoms with Gasteiger partial charge in [0, 0.05) is 31.6 Å². The molecule has 1 aromatic carbocycles. The van der Waals surface area contributed by atoms with Crippen LogP contribution in [0.15, 0.2) is 24.3 Å². The fraction of sp³-hybridized carbons (Fsp3) is 0.381. The lowest BCUT2D eigenvalue weighted by atomic mass is 10.1. The van der Waals surface area contributed by atoms with E-state index < -0.39 is 0 Å². The molecule has 2 heterocycles. The summed E-state index contributed by atoms with van der Waals surface area (Å²) in [6.07, 6.45) is 0. The molecule has 0 bridgehead atoms. The third-order valence-corrected chi connectivity index (χ3v) is 5.13. The van der Waals surface area contributed by atoms with Gasteiger partial charge in [0.25, 0.3) is 0 Å². The fourth-order valence-corrected chi connectivity index (χ4v) is 3.32. The number of benzene rings is 1. The molecule has 0 fully saturated rings. The van der Waals surface area contributed by atoms with Gasteiger partial charge in [-0.2, -0.15) is 0 Å². The maximum atomic E-state index is 13.1. The quantitative estimate of drug-likeness (QED) is 0.636. The van der Waals surface area contributed by atoms with E-state index in [0.717, 1.165) is 40.1 Å². The van der Waals surface area contributed by atoms with Crippen molar-refractivity contribution in [3.05, 3.63) is 58.2 Å². The molecule has 146 valence electrons. The minimum Gasteiger partial charge on any atom is -0.383 e. The van der Waals surface area contributed by atoms with Crippen LogP contribution in [-0.4, -0.2) is 23.3 Å². The Morgan fingerprint density at radius 1 is 1.07 bits per heavy atom. The van der Waals surface area contributed by atoms with Crippen LogP contribution < -0.4 is 5.32 Å². The lowest BCUT2D eigenvalue weighted by Gasteiger charge is -2.16. The van der Waals surface area contributed by atoms with Gasteiger partial charge in [-0.25, -0.2) is 4.39 Å². The largest absolute Gasteiger partial charge is 0.383 e. The smallest absolute Gasteiger partial charge is 0.123 e. The summed E-state index contributed by atoms with van der Waals surface area (Å²) in [4.78, 5) is 4.84. The molecule has 4 nitrogen and oxygen atoms in total. The van der Waals surface area contributed by atoms with Crippen molar-refractivity contribution in [1.29, 1.82) is 0 Å². The Bertz CT molecular complexity index is 935. The number of hydrogen-bond donors (Lipinski definition) is 1. The topological polar surface area (TPSA) is 39.1 Å². The summed E-state index contributed by atoms with van der Waals surface area (Å²) in [7, 11) is 1.72. The number of nitrogens with zero attached hydrogens (tertiary/aromatic N) is 2. The molecule has 0 aliphatic carbocycles. The second kappa shape index (κ2) is 8.72. The van der Waals surface area contributed by atoms with Crippen LogP contribution in [0.1, 0.15) is 28.1 Å². The summed E-state index contributed by atoms with van der Waals surface area (Å²) >= 11 is 0. The molecule has 0 saturated carbocycles. The van der Waals surface area contributed by atoms with Crippen molar-refractivity contribution in [3.63, 3.8) is 0 Å². The van der Waals surface area contributed by atoms with Gasteiger partial charge in [-0.1, -0.05) is 12.1 Å². The van der Waals surface area contributed by atoms with E-state index in [1.165, 1.54) is 23.4 Å². The number of rotatable bonds is 6. The van der Waals surface area contributed by atoms with Crippen molar-refractivity contribution in [2.45, 2.75) is 40.8 Å². The van der Waals surface area contributed by atoms with E-state index in [0.29, 0.717) is 13.2 Å². The maximum absolute atomic E-state index is 13.1. The Balaban J connectivity index is 0.00000261. The van der Waals surface area contributed by atoms with Crippen LogP contribution in [0.25, 0.3) is 11.0 Å². The van der Waals surface area contributed by atoms with E-state index in [-0.39, 0.29) is 18.2 Å². The van der Waals surface area contributed by atoms with Crippen molar-refractivity contribution >= 4 is 29.1 Å². The van der Waals surface area contributed by atoms with Gasteiger partial charge in [0.2, 0.25) is 0 Å². The number of hydrogen-bond acceptors (Lipinski definition) is 3. The summed E-state index contributed by atoms with van der Waals surface area (Å²) in [5, 5.41) is 3.57. The molecule has 0 unspecified atom stereocenters. The highest BCUT2D eigenvalue weighted by Gasteiger charge is 2.19. The molecular formula is C21H27ClFN3O. The van der Waals surface area contributed by atoms with Crippen LogP contribution in [0.4, 0.5) is 10.1 Å². The van der Waals surface area contributed by atoms with Gasteiger partial charge in [0.15, 0.2) is 0 Å². The zero-order chi connectivity index (χ0) is 18.8. The highest BCUT2D eigenvalue weighted by atomic mass is 35.5. The molecule has 6 heteroatoms. The van der Waals surface area contributed by atoms with Crippen molar-refractivity contribution < 1.29 is 9.13 Å². The van der Waals surface area contributed by atoms with E-state index in [1.54, 1.807) is 7.11 Å². The molecule has 1 N–H and O–H groups in total. The zero-order valence-electron chi connectivity index (χ0n) is 16.5. The van der Waals surface area contributed by atoms with Crippen molar-refractivity contribution in [2.24, 2.45) is 0 Å². The monoisotopic (exact) mass is 391 g/mol. The first-order chi connectivity index (χ1) is 12.4. The zero-order valence-corrected chi connectivity index (χ0v) is 17.3. The minimum absolute atomic E-state index is 0. The summed E-state index contributed by atoms with van der Waals surface area (Å²) in [5.41, 5.74) is 8.83.